The predicted molar refractivity (Wildman–Crippen MR) is 59.7 cm³/mol. The Kier molecular flexibility index (Phi) is 3.71. The molecule has 15 heavy (non-hydrogen) atoms. The number of aliphatic hydroxyl groups excluding tert-OH is 1. The van der Waals surface area contributed by atoms with Gasteiger partial charge in [0, 0.05) is 18.0 Å². The highest BCUT2D eigenvalue weighted by molar-refractivity contribution is 7.90. The Labute approximate surface area is 89.9 Å². The van der Waals surface area contributed by atoms with Gasteiger partial charge in [-0.2, -0.15) is 0 Å². The fraction of sp³-hybridized carbons (Fsp3) is 0.400. The molecule has 1 atom stereocenters. The lowest BCUT2D eigenvalue weighted by Gasteiger charge is -2.12. The van der Waals surface area contributed by atoms with E-state index < -0.39 is 9.84 Å². The first kappa shape index (κ1) is 12.0. The number of aliphatic hydroxyl groups is 1. The molecule has 0 radical (unpaired) electrons. The maximum atomic E-state index is 11.2. The molecule has 0 amide bonds. The van der Waals surface area contributed by atoms with Gasteiger partial charge < -0.3 is 10.4 Å². The quantitative estimate of drug-likeness (QED) is 0.804. The molecular formula is C10H15NO3S. The summed E-state index contributed by atoms with van der Waals surface area (Å²) in [6.45, 7) is 1.87. The minimum Gasteiger partial charge on any atom is -0.394 e. The maximum Gasteiger partial charge on any atom is 0.175 e. The van der Waals surface area contributed by atoms with Crippen molar-refractivity contribution in [2.45, 2.75) is 17.9 Å². The summed E-state index contributed by atoms with van der Waals surface area (Å²) in [5, 5.41) is 11.8. The van der Waals surface area contributed by atoms with Crippen molar-refractivity contribution in [3.63, 3.8) is 0 Å². The Balaban J connectivity index is 2.82. The van der Waals surface area contributed by atoms with E-state index in [9.17, 15) is 8.42 Å². The van der Waals surface area contributed by atoms with E-state index in [1.807, 2.05) is 6.92 Å². The molecule has 0 bridgehead atoms. The van der Waals surface area contributed by atoms with E-state index in [1.54, 1.807) is 24.3 Å². The van der Waals surface area contributed by atoms with Gasteiger partial charge >= 0.3 is 0 Å². The number of hydrogen-bond donors (Lipinski definition) is 2. The lowest BCUT2D eigenvalue weighted by Crippen LogP contribution is -2.19. The topological polar surface area (TPSA) is 66.4 Å². The molecule has 0 spiro atoms. The first-order valence-corrected chi connectivity index (χ1v) is 6.50. The van der Waals surface area contributed by atoms with E-state index in [1.165, 1.54) is 6.26 Å². The molecule has 84 valence electrons. The first-order chi connectivity index (χ1) is 6.93. The molecule has 5 heteroatoms. The fourth-order valence-electron chi connectivity index (χ4n) is 1.13. The second-order valence-electron chi connectivity index (χ2n) is 3.52. The van der Waals surface area contributed by atoms with Gasteiger partial charge in [0.1, 0.15) is 0 Å². The molecule has 4 nitrogen and oxygen atoms in total. The molecule has 0 fully saturated rings. The van der Waals surface area contributed by atoms with Crippen LogP contribution in [-0.2, 0) is 9.84 Å². The van der Waals surface area contributed by atoms with Gasteiger partial charge in [0.05, 0.1) is 11.5 Å². The summed E-state index contributed by atoms with van der Waals surface area (Å²) in [7, 11) is -3.13. The van der Waals surface area contributed by atoms with Gasteiger partial charge in [-0.25, -0.2) is 8.42 Å². The lowest BCUT2D eigenvalue weighted by atomic mass is 10.3. The number of anilines is 1. The van der Waals surface area contributed by atoms with Crippen LogP contribution in [0.25, 0.3) is 0 Å². The average Bonchev–Trinajstić information content (AvgIpc) is 2.17. The van der Waals surface area contributed by atoms with Crippen LogP contribution in [0.4, 0.5) is 5.69 Å². The number of benzene rings is 1. The van der Waals surface area contributed by atoms with Gasteiger partial charge in [-0.1, -0.05) is 0 Å². The van der Waals surface area contributed by atoms with Gasteiger partial charge in [-0.3, -0.25) is 0 Å². The van der Waals surface area contributed by atoms with E-state index in [2.05, 4.69) is 5.32 Å². The summed E-state index contributed by atoms with van der Waals surface area (Å²) in [4.78, 5) is 0.296. The van der Waals surface area contributed by atoms with Crippen LogP contribution < -0.4 is 5.32 Å². The number of sulfone groups is 1. The molecule has 0 aliphatic heterocycles. The number of nitrogens with one attached hydrogen (secondary N) is 1. The van der Waals surface area contributed by atoms with Crippen LogP contribution in [0.5, 0.6) is 0 Å². The van der Waals surface area contributed by atoms with Crippen LogP contribution in [0, 0.1) is 0 Å². The summed E-state index contributed by atoms with van der Waals surface area (Å²) in [5.41, 5.74) is 0.795. The molecular weight excluding hydrogens is 214 g/mol. The standard InChI is InChI=1S/C10H15NO3S/c1-8(7-12)11-9-3-5-10(6-4-9)15(2,13)14/h3-6,8,11-12H,7H2,1-2H3. The van der Waals surface area contributed by atoms with Crippen LogP contribution in [0.2, 0.25) is 0 Å². The van der Waals surface area contributed by atoms with Gasteiger partial charge in [0.2, 0.25) is 0 Å². The van der Waals surface area contributed by atoms with Crippen molar-refractivity contribution in [2.24, 2.45) is 0 Å². The summed E-state index contributed by atoms with van der Waals surface area (Å²) in [5.74, 6) is 0. The van der Waals surface area contributed by atoms with Crippen LogP contribution in [0.3, 0.4) is 0 Å². The van der Waals surface area contributed by atoms with Crippen molar-refractivity contribution < 1.29 is 13.5 Å². The van der Waals surface area contributed by atoms with Crippen LogP contribution in [0.15, 0.2) is 29.2 Å². The summed E-state index contributed by atoms with van der Waals surface area (Å²) >= 11 is 0. The Morgan fingerprint density at radius 2 is 1.87 bits per heavy atom. The molecule has 1 rings (SSSR count). The van der Waals surface area contributed by atoms with Crippen molar-refractivity contribution in [2.75, 3.05) is 18.2 Å². The minimum atomic E-state index is -3.13. The lowest BCUT2D eigenvalue weighted by molar-refractivity contribution is 0.281. The van der Waals surface area contributed by atoms with E-state index >= 15 is 0 Å². The summed E-state index contributed by atoms with van der Waals surface area (Å²) in [6.07, 6.45) is 1.17. The number of rotatable bonds is 4. The molecule has 1 aromatic rings. The molecule has 0 saturated heterocycles. The van der Waals surface area contributed by atoms with Gasteiger partial charge in [-0.15, -0.1) is 0 Å². The van der Waals surface area contributed by atoms with E-state index in [0.29, 0.717) is 4.90 Å². The van der Waals surface area contributed by atoms with Crippen LogP contribution in [-0.4, -0.2) is 32.4 Å². The normalized spacial score (nSPS) is 13.5. The van der Waals surface area contributed by atoms with Crippen molar-refractivity contribution in [1.82, 2.24) is 0 Å². The van der Waals surface area contributed by atoms with Gasteiger partial charge in [0.15, 0.2) is 9.84 Å². The Hall–Kier alpha value is -1.07. The third-order valence-corrected chi connectivity index (χ3v) is 3.10. The second kappa shape index (κ2) is 4.63. The molecule has 2 N–H and O–H groups in total. The van der Waals surface area contributed by atoms with Crippen molar-refractivity contribution in [3.8, 4) is 0 Å². The van der Waals surface area contributed by atoms with Gasteiger partial charge in [0.25, 0.3) is 0 Å². The molecule has 1 aromatic carbocycles. The van der Waals surface area contributed by atoms with Crippen LogP contribution >= 0.6 is 0 Å². The van der Waals surface area contributed by atoms with Crippen LogP contribution in [0.1, 0.15) is 6.92 Å². The molecule has 1 unspecified atom stereocenters. The highest BCUT2D eigenvalue weighted by Crippen LogP contribution is 2.14. The largest absolute Gasteiger partial charge is 0.394 e. The highest BCUT2D eigenvalue weighted by atomic mass is 32.2. The van der Waals surface area contributed by atoms with Crippen molar-refractivity contribution in [3.05, 3.63) is 24.3 Å². The monoisotopic (exact) mass is 229 g/mol. The molecule has 0 heterocycles. The van der Waals surface area contributed by atoms with E-state index in [-0.39, 0.29) is 12.6 Å². The van der Waals surface area contributed by atoms with E-state index in [0.717, 1.165) is 5.69 Å². The summed E-state index contributed by atoms with van der Waals surface area (Å²) < 4.78 is 22.3. The SMILES string of the molecule is CC(CO)Nc1ccc(S(C)(=O)=O)cc1. The first-order valence-electron chi connectivity index (χ1n) is 4.61. The Morgan fingerprint density at radius 1 is 1.33 bits per heavy atom. The molecule has 0 aliphatic carbocycles. The van der Waals surface area contributed by atoms with E-state index in [4.69, 9.17) is 5.11 Å². The zero-order chi connectivity index (χ0) is 11.5. The third kappa shape index (κ3) is 3.53. The Bertz CT molecular complexity index is 411. The van der Waals surface area contributed by atoms with Gasteiger partial charge in [-0.05, 0) is 31.2 Å². The molecule has 0 aromatic heterocycles. The van der Waals surface area contributed by atoms with Crippen molar-refractivity contribution >= 4 is 15.5 Å². The zero-order valence-electron chi connectivity index (χ0n) is 8.77. The fourth-order valence-corrected chi connectivity index (χ4v) is 1.76. The highest BCUT2D eigenvalue weighted by Gasteiger charge is 2.06. The second-order valence-corrected chi connectivity index (χ2v) is 5.54. The molecule has 0 saturated carbocycles. The average molecular weight is 229 g/mol. The third-order valence-electron chi connectivity index (χ3n) is 1.97. The maximum absolute atomic E-state index is 11.2. The minimum absolute atomic E-state index is 0.0355. The zero-order valence-corrected chi connectivity index (χ0v) is 9.58. The predicted octanol–water partition coefficient (Wildman–Crippen LogP) is 0.883. The van der Waals surface area contributed by atoms with Crippen molar-refractivity contribution in [1.29, 1.82) is 0 Å². The smallest absolute Gasteiger partial charge is 0.175 e. The molecule has 0 aliphatic rings. The summed E-state index contributed by atoms with van der Waals surface area (Å²) in [6, 6.07) is 6.41. The Morgan fingerprint density at radius 3 is 2.27 bits per heavy atom. The number of hydrogen-bond acceptors (Lipinski definition) is 4.